The lowest BCUT2D eigenvalue weighted by molar-refractivity contribution is -0.116. The molecule has 0 saturated heterocycles. The van der Waals surface area contributed by atoms with Crippen molar-refractivity contribution >= 4 is 23.4 Å². The first-order chi connectivity index (χ1) is 12.3. The predicted octanol–water partition coefficient (Wildman–Crippen LogP) is 3.41. The third-order valence-corrected chi connectivity index (χ3v) is 5.69. The van der Waals surface area contributed by atoms with Crippen LogP contribution in [0.2, 0.25) is 0 Å². The average molecular weight is 354 g/mol. The van der Waals surface area contributed by atoms with Gasteiger partial charge in [-0.25, -0.2) is 0 Å². The molecule has 0 atom stereocenters. The number of hydrogen-bond acceptors (Lipinski definition) is 4. The summed E-state index contributed by atoms with van der Waals surface area (Å²) >= 11 is 1.48. The van der Waals surface area contributed by atoms with E-state index in [9.17, 15) is 4.79 Å². The van der Waals surface area contributed by atoms with Crippen molar-refractivity contribution in [1.29, 1.82) is 0 Å². The first-order valence-electron chi connectivity index (χ1n) is 8.83. The maximum atomic E-state index is 12.8. The minimum Gasteiger partial charge on any atom is -0.311 e. The zero-order chi connectivity index (χ0) is 17.2. The average Bonchev–Trinajstić information content (AvgIpc) is 3.41. The van der Waals surface area contributed by atoms with Gasteiger partial charge >= 0.3 is 0 Å². The number of amides is 1. The second kappa shape index (κ2) is 7.04. The lowest BCUT2D eigenvalue weighted by Crippen LogP contribution is -2.36. The molecule has 4 rings (SSSR count). The normalized spacial score (nSPS) is 16.6. The number of hydrogen-bond donors (Lipinski definition) is 0. The number of allylic oxidation sites excluding steroid dienone is 1. The van der Waals surface area contributed by atoms with Crippen LogP contribution < -0.4 is 4.90 Å². The number of para-hydroxylation sites is 1. The molecule has 1 aromatic heterocycles. The third-order valence-electron chi connectivity index (χ3n) is 4.74. The van der Waals surface area contributed by atoms with Crippen molar-refractivity contribution in [3.05, 3.63) is 48.3 Å². The van der Waals surface area contributed by atoms with Crippen LogP contribution in [0, 0.1) is 0 Å². The maximum absolute atomic E-state index is 12.8. The fourth-order valence-corrected chi connectivity index (χ4v) is 4.18. The molecule has 1 aliphatic carbocycles. The molecule has 1 fully saturated rings. The summed E-state index contributed by atoms with van der Waals surface area (Å²) in [5.74, 6) is 2.09. The van der Waals surface area contributed by atoms with E-state index in [1.165, 1.54) is 30.2 Å². The van der Waals surface area contributed by atoms with E-state index in [1.54, 1.807) is 0 Å². The van der Waals surface area contributed by atoms with Crippen LogP contribution in [0.1, 0.15) is 36.6 Å². The highest BCUT2D eigenvalue weighted by Crippen LogP contribution is 2.40. The lowest BCUT2D eigenvalue weighted by Gasteiger charge is -2.29. The fraction of sp³-hybridized carbons (Fsp3) is 0.421. The second-order valence-electron chi connectivity index (χ2n) is 6.58. The summed E-state index contributed by atoms with van der Waals surface area (Å²) in [6, 6.07) is 8.20. The number of aromatic nitrogens is 3. The molecule has 25 heavy (non-hydrogen) atoms. The molecule has 0 N–H and O–H groups in total. The molecule has 0 radical (unpaired) electrons. The molecule has 2 heterocycles. The van der Waals surface area contributed by atoms with Gasteiger partial charge in [-0.2, -0.15) is 0 Å². The van der Waals surface area contributed by atoms with E-state index in [2.05, 4.69) is 27.4 Å². The summed E-state index contributed by atoms with van der Waals surface area (Å²) in [7, 11) is 0. The summed E-state index contributed by atoms with van der Waals surface area (Å²) in [6.45, 7) is 5.32. The molecular formula is C19H22N4OS. The van der Waals surface area contributed by atoms with E-state index in [4.69, 9.17) is 0 Å². The Kier molecular flexibility index (Phi) is 4.61. The van der Waals surface area contributed by atoms with Crippen molar-refractivity contribution in [3.63, 3.8) is 0 Å². The zero-order valence-electron chi connectivity index (χ0n) is 14.2. The number of nitrogens with zero attached hydrogens (tertiary/aromatic N) is 4. The third kappa shape index (κ3) is 3.35. The molecule has 0 bridgehead atoms. The molecule has 0 spiro atoms. The maximum Gasteiger partial charge on any atom is 0.237 e. The molecule has 5 nitrogen and oxygen atoms in total. The van der Waals surface area contributed by atoms with Crippen molar-refractivity contribution in [3.8, 4) is 0 Å². The summed E-state index contributed by atoms with van der Waals surface area (Å²) in [5, 5.41) is 9.48. The standard InChI is InChI=1S/C19H22N4OS/c1-2-11-23-18(15-9-10-15)20-21-19(23)25-13-17(24)22-12-5-7-14-6-3-4-8-16(14)22/h2-4,6,8,15H,1,5,7,9-13H2. The molecular weight excluding hydrogens is 332 g/mol. The molecule has 2 aliphatic rings. The Bertz CT molecular complexity index is 796. The van der Waals surface area contributed by atoms with Crippen molar-refractivity contribution < 1.29 is 4.79 Å². The van der Waals surface area contributed by atoms with Crippen LogP contribution >= 0.6 is 11.8 Å². The Hall–Kier alpha value is -2.08. The Morgan fingerprint density at radius 3 is 2.96 bits per heavy atom. The monoisotopic (exact) mass is 354 g/mol. The number of fused-ring (bicyclic) bond motifs is 1. The van der Waals surface area contributed by atoms with Gasteiger partial charge in [0.15, 0.2) is 5.16 Å². The van der Waals surface area contributed by atoms with Crippen LogP contribution in [0.15, 0.2) is 42.1 Å². The first-order valence-corrected chi connectivity index (χ1v) is 9.81. The largest absolute Gasteiger partial charge is 0.311 e. The van der Waals surface area contributed by atoms with Crippen LogP contribution in [0.3, 0.4) is 0 Å². The van der Waals surface area contributed by atoms with Crippen molar-refractivity contribution in [1.82, 2.24) is 14.8 Å². The fourth-order valence-electron chi connectivity index (χ4n) is 3.35. The van der Waals surface area contributed by atoms with Crippen LogP contribution in [0.4, 0.5) is 5.69 Å². The predicted molar refractivity (Wildman–Crippen MR) is 100 cm³/mol. The van der Waals surface area contributed by atoms with Gasteiger partial charge in [0.2, 0.25) is 5.91 Å². The molecule has 0 unspecified atom stereocenters. The van der Waals surface area contributed by atoms with Crippen LogP contribution in [-0.4, -0.2) is 33.0 Å². The second-order valence-corrected chi connectivity index (χ2v) is 7.52. The van der Waals surface area contributed by atoms with Gasteiger partial charge in [-0.05, 0) is 37.3 Å². The number of benzene rings is 1. The molecule has 1 aromatic carbocycles. The van der Waals surface area contributed by atoms with Gasteiger partial charge in [0.1, 0.15) is 5.82 Å². The highest BCUT2D eigenvalue weighted by molar-refractivity contribution is 7.99. The zero-order valence-corrected chi connectivity index (χ0v) is 15.0. The van der Waals surface area contributed by atoms with Gasteiger partial charge in [-0.3, -0.25) is 4.79 Å². The molecule has 1 amide bonds. The summed E-state index contributed by atoms with van der Waals surface area (Å²) in [6.07, 6.45) is 6.30. The Labute approximate surface area is 152 Å². The van der Waals surface area contributed by atoms with Gasteiger partial charge in [0, 0.05) is 24.7 Å². The molecule has 1 saturated carbocycles. The Balaban J connectivity index is 1.47. The van der Waals surface area contributed by atoms with E-state index in [-0.39, 0.29) is 5.91 Å². The summed E-state index contributed by atoms with van der Waals surface area (Å²) < 4.78 is 2.10. The summed E-state index contributed by atoms with van der Waals surface area (Å²) in [4.78, 5) is 14.7. The first kappa shape index (κ1) is 16.4. The number of carbonyl (C=O) groups excluding carboxylic acids is 1. The van der Waals surface area contributed by atoms with Crippen LogP contribution in [0.25, 0.3) is 0 Å². The van der Waals surface area contributed by atoms with Crippen molar-refractivity contribution in [2.45, 2.75) is 43.3 Å². The van der Waals surface area contributed by atoms with Gasteiger partial charge in [-0.15, -0.1) is 16.8 Å². The van der Waals surface area contributed by atoms with Gasteiger partial charge < -0.3 is 9.47 Å². The van der Waals surface area contributed by atoms with Gasteiger partial charge in [0.25, 0.3) is 0 Å². The smallest absolute Gasteiger partial charge is 0.237 e. The highest BCUT2D eigenvalue weighted by atomic mass is 32.2. The van der Waals surface area contributed by atoms with Crippen LogP contribution in [-0.2, 0) is 17.8 Å². The number of thioether (sulfide) groups is 1. The molecule has 1 aliphatic heterocycles. The van der Waals surface area contributed by atoms with Crippen molar-refractivity contribution in [2.75, 3.05) is 17.2 Å². The van der Waals surface area contributed by atoms with Gasteiger partial charge in [-0.1, -0.05) is 36.0 Å². The number of anilines is 1. The highest BCUT2D eigenvalue weighted by Gasteiger charge is 2.30. The Morgan fingerprint density at radius 2 is 2.16 bits per heavy atom. The number of aryl methyl sites for hydroxylation is 1. The van der Waals surface area contributed by atoms with E-state index in [0.29, 0.717) is 18.2 Å². The quantitative estimate of drug-likeness (QED) is 0.589. The molecule has 130 valence electrons. The molecule has 2 aromatic rings. The minimum atomic E-state index is 0.137. The molecule has 6 heteroatoms. The van der Waals surface area contributed by atoms with E-state index >= 15 is 0 Å². The lowest BCUT2D eigenvalue weighted by atomic mass is 10.0. The Morgan fingerprint density at radius 1 is 1.32 bits per heavy atom. The van der Waals surface area contributed by atoms with E-state index < -0.39 is 0 Å². The minimum absolute atomic E-state index is 0.137. The number of rotatable bonds is 6. The van der Waals surface area contributed by atoms with Crippen LogP contribution in [0.5, 0.6) is 0 Å². The summed E-state index contributed by atoms with van der Waals surface area (Å²) in [5.41, 5.74) is 2.32. The topological polar surface area (TPSA) is 51.0 Å². The van der Waals surface area contributed by atoms with E-state index in [0.717, 1.165) is 36.1 Å². The van der Waals surface area contributed by atoms with Gasteiger partial charge in [0.05, 0.1) is 5.75 Å². The number of carbonyl (C=O) groups is 1. The SMILES string of the molecule is C=CCn1c(SCC(=O)N2CCCc3ccccc32)nnc1C1CC1. The van der Waals surface area contributed by atoms with E-state index in [1.807, 2.05) is 29.2 Å². The van der Waals surface area contributed by atoms with Crippen molar-refractivity contribution in [2.24, 2.45) is 0 Å².